The second-order valence-corrected chi connectivity index (χ2v) is 3.28. The molecule has 1 saturated heterocycles. The zero-order valence-electron chi connectivity index (χ0n) is 7.06. The lowest BCUT2D eigenvalue weighted by Gasteiger charge is -2.12. The molecule has 0 atom stereocenters. The fourth-order valence-electron chi connectivity index (χ4n) is 1.14. The molecule has 3 nitrogen and oxygen atoms in total. The molecule has 0 radical (unpaired) electrons. The first-order chi connectivity index (χ1) is 6.34. The Balaban J connectivity index is 1.97. The van der Waals surface area contributed by atoms with Gasteiger partial charge in [-0.25, -0.2) is 0 Å². The van der Waals surface area contributed by atoms with Crippen LogP contribution in [0, 0.1) is 0 Å². The minimum atomic E-state index is -0.300. The number of anilines is 1. The van der Waals surface area contributed by atoms with Crippen molar-refractivity contribution < 1.29 is 9.47 Å². The quantitative estimate of drug-likeness (QED) is 0.708. The number of nitrogens with one attached hydrogen (secondary N) is 1. The van der Waals surface area contributed by atoms with Crippen molar-refractivity contribution >= 4 is 18.3 Å². The van der Waals surface area contributed by atoms with Crippen LogP contribution >= 0.6 is 12.6 Å². The van der Waals surface area contributed by atoms with Gasteiger partial charge in [-0.1, -0.05) is 0 Å². The molecule has 0 bridgehead atoms. The van der Waals surface area contributed by atoms with Crippen molar-refractivity contribution in [3.8, 4) is 0 Å². The molecule has 1 aromatic carbocycles. The summed E-state index contributed by atoms with van der Waals surface area (Å²) in [5.41, 5.74) is 0.977. The van der Waals surface area contributed by atoms with Crippen LogP contribution < -0.4 is 5.32 Å². The normalized spacial score (nSPS) is 17.6. The lowest BCUT2D eigenvalue weighted by atomic mass is 10.3. The topological polar surface area (TPSA) is 30.5 Å². The third-order valence-electron chi connectivity index (χ3n) is 1.77. The van der Waals surface area contributed by atoms with E-state index in [0.717, 1.165) is 10.6 Å². The lowest BCUT2D eigenvalue weighted by Crippen LogP contribution is -2.19. The Labute approximate surface area is 82.5 Å². The molecule has 0 aliphatic carbocycles. The van der Waals surface area contributed by atoms with Crippen molar-refractivity contribution in [2.75, 3.05) is 18.5 Å². The maximum Gasteiger partial charge on any atom is 0.238 e. The summed E-state index contributed by atoms with van der Waals surface area (Å²) in [5, 5.41) is 3.09. The zero-order chi connectivity index (χ0) is 9.10. The van der Waals surface area contributed by atoms with Gasteiger partial charge in [0.15, 0.2) is 0 Å². The van der Waals surface area contributed by atoms with Crippen molar-refractivity contribution in [3.63, 3.8) is 0 Å². The number of ether oxygens (including phenoxy) is 2. The number of rotatable bonds is 2. The predicted molar refractivity (Wildman–Crippen MR) is 53.0 cm³/mol. The molecule has 1 aromatic rings. The van der Waals surface area contributed by atoms with Gasteiger partial charge in [0.05, 0.1) is 13.2 Å². The first kappa shape index (κ1) is 8.87. The molecule has 1 fully saturated rings. The van der Waals surface area contributed by atoms with Crippen molar-refractivity contribution in [3.05, 3.63) is 24.3 Å². The van der Waals surface area contributed by atoms with Crippen LogP contribution in [0.25, 0.3) is 0 Å². The van der Waals surface area contributed by atoms with Crippen molar-refractivity contribution in [2.45, 2.75) is 11.3 Å². The lowest BCUT2D eigenvalue weighted by molar-refractivity contribution is -0.0177. The van der Waals surface area contributed by atoms with Gasteiger partial charge in [-0.15, -0.1) is 12.6 Å². The van der Waals surface area contributed by atoms with Gasteiger partial charge in [0, 0.05) is 10.6 Å². The molecular weight excluding hydrogens is 186 g/mol. The second-order valence-electron chi connectivity index (χ2n) is 2.76. The SMILES string of the molecule is Sc1ccc(NC2OCCO2)cc1. The third-order valence-corrected chi connectivity index (χ3v) is 2.07. The molecular formula is C9H11NO2S. The molecule has 70 valence electrons. The summed E-state index contributed by atoms with van der Waals surface area (Å²) in [6, 6.07) is 7.71. The zero-order valence-corrected chi connectivity index (χ0v) is 7.96. The van der Waals surface area contributed by atoms with Gasteiger partial charge >= 0.3 is 0 Å². The Morgan fingerprint density at radius 2 is 1.77 bits per heavy atom. The summed E-state index contributed by atoms with van der Waals surface area (Å²) in [7, 11) is 0. The van der Waals surface area contributed by atoms with Crippen LogP contribution in [0.2, 0.25) is 0 Å². The van der Waals surface area contributed by atoms with E-state index in [2.05, 4.69) is 17.9 Å². The number of hydrogen-bond acceptors (Lipinski definition) is 4. The fraction of sp³-hybridized carbons (Fsp3) is 0.333. The maximum atomic E-state index is 5.23. The van der Waals surface area contributed by atoms with Gasteiger partial charge in [0.25, 0.3) is 0 Å². The smallest absolute Gasteiger partial charge is 0.238 e. The van der Waals surface area contributed by atoms with Gasteiger partial charge in [0.1, 0.15) is 0 Å². The Morgan fingerprint density at radius 1 is 1.15 bits per heavy atom. The molecule has 0 spiro atoms. The summed E-state index contributed by atoms with van der Waals surface area (Å²) < 4.78 is 10.5. The number of hydrogen-bond donors (Lipinski definition) is 2. The van der Waals surface area contributed by atoms with E-state index in [9.17, 15) is 0 Å². The molecule has 4 heteroatoms. The molecule has 13 heavy (non-hydrogen) atoms. The van der Waals surface area contributed by atoms with E-state index in [-0.39, 0.29) is 6.41 Å². The molecule has 1 aliphatic heterocycles. The standard InChI is InChI=1S/C9H11NO2S/c13-8-3-1-7(2-4-8)10-9-11-5-6-12-9/h1-4,9-10,13H,5-6H2. The highest BCUT2D eigenvalue weighted by Crippen LogP contribution is 2.14. The van der Waals surface area contributed by atoms with Crippen molar-refractivity contribution in [2.24, 2.45) is 0 Å². The largest absolute Gasteiger partial charge is 0.337 e. The molecule has 0 unspecified atom stereocenters. The third kappa shape index (κ3) is 2.37. The average Bonchev–Trinajstić information content (AvgIpc) is 2.62. The Morgan fingerprint density at radius 3 is 2.38 bits per heavy atom. The van der Waals surface area contributed by atoms with E-state index >= 15 is 0 Å². The summed E-state index contributed by atoms with van der Waals surface area (Å²) in [5.74, 6) is 0. The number of thiol groups is 1. The molecule has 0 aromatic heterocycles. The van der Waals surface area contributed by atoms with E-state index in [1.54, 1.807) is 0 Å². The predicted octanol–water partition coefficient (Wildman–Crippen LogP) is 1.72. The highest BCUT2D eigenvalue weighted by molar-refractivity contribution is 7.80. The maximum absolute atomic E-state index is 5.23. The Bertz CT molecular complexity index is 269. The van der Waals surface area contributed by atoms with Gasteiger partial charge in [-0.2, -0.15) is 0 Å². The van der Waals surface area contributed by atoms with Crippen LogP contribution in [0.3, 0.4) is 0 Å². The van der Waals surface area contributed by atoms with E-state index in [1.165, 1.54) is 0 Å². The van der Waals surface area contributed by atoms with Crippen LogP contribution in [0.5, 0.6) is 0 Å². The monoisotopic (exact) mass is 197 g/mol. The van der Waals surface area contributed by atoms with Gasteiger partial charge in [-0.05, 0) is 24.3 Å². The van der Waals surface area contributed by atoms with E-state index < -0.39 is 0 Å². The summed E-state index contributed by atoms with van der Waals surface area (Å²) in [6.07, 6.45) is -0.300. The minimum Gasteiger partial charge on any atom is -0.337 e. The summed E-state index contributed by atoms with van der Waals surface area (Å²) in [6.45, 7) is 1.31. The van der Waals surface area contributed by atoms with Gasteiger partial charge in [0.2, 0.25) is 6.41 Å². The molecule has 0 saturated carbocycles. The molecule has 1 aliphatic rings. The Kier molecular flexibility index (Phi) is 2.73. The van der Waals surface area contributed by atoms with Crippen LogP contribution in [-0.4, -0.2) is 19.6 Å². The first-order valence-corrected chi connectivity index (χ1v) is 4.58. The van der Waals surface area contributed by atoms with Crippen molar-refractivity contribution in [1.29, 1.82) is 0 Å². The molecule has 0 amide bonds. The molecule has 1 heterocycles. The van der Waals surface area contributed by atoms with Gasteiger partial charge < -0.3 is 14.8 Å². The average molecular weight is 197 g/mol. The van der Waals surface area contributed by atoms with Crippen molar-refractivity contribution in [1.82, 2.24) is 0 Å². The van der Waals surface area contributed by atoms with Crippen LogP contribution in [0.1, 0.15) is 0 Å². The van der Waals surface area contributed by atoms with E-state index in [4.69, 9.17) is 9.47 Å². The fourth-order valence-corrected chi connectivity index (χ4v) is 1.28. The van der Waals surface area contributed by atoms with Crippen LogP contribution in [-0.2, 0) is 9.47 Å². The second kappa shape index (κ2) is 4.00. The molecule has 1 N–H and O–H groups in total. The summed E-state index contributed by atoms with van der Waals surface area (Å²) in [4.78, 5) is 0.943. The highest BCUT2D eigenvalue weighted by atomic mass is 32.1. The minimum absolute atomic E-state index is 0.300. The van der Waals surface area contributed by atoms with Crippen LogP contribution in [0.15, 0.2) is 29.2 Å². The first-order valence-electron chi connectivity index (χ1n) is 4.13. The molecule has 2 rings (SSSR count). The van der Waals surface area contributed by atoms with Crippen LogP contribution in [0.4, 0.5) is 5.69 Å². The van der Waals surface area contributed by atoms with E-state index in [1.807, 2.05) is 24.3 Å². The Hall–Kier alpha value is -0.710. The van der Waals surface area contributed by atoms with Gasteiger partial charge in [-0.3, -0.25) is 0 Å². The van der Waals surface area contributed by atoms with E-state index in [0.29, 0.717) is 13.2 Å². The number of benzene rings is 1. The highest BCUT2D eigenvalue weighted by Gasteiger charge is 2.14. The summed E-state index contributed by atoms with van der Waals surface area (Å²) >= 11 is 4.19.